The van der Waals surface area contributed by atoms with E-state index in [1.54, 1.807) is 11.3 Å². The van der Waals surface area contributed by atoms with Crippen molar-refractivity contribution < 1.29 is 0 Å². The van der Waals surface area contributed by atoms with Crippen molar-refractivity contribution in [2.24, 2.45) is 4.99 Å². The normalized spacial score (nSPS) is 11.0. The lowest BCUT2D eigenvalue weighted by molar-refractivity contribution is 0.770. The second-order valence-electron chi connectivity index (χ2n) is 4.97. The van der Waals surface area contributed by atoms with Crippen molar-refractivity contribution in [3.63, 3.8) is 0 Å². The monoisotopic (exact) mass is 386 g/mol. The molecule has 0 bridgehead atoms. The summed E-state index contributed by atoms with van der Waals surface area (Å²) in [6.45, 7) is 5.22. The van der Waals surface area contributed by atoms with Gasteiger partial charge < -0.3 is 4.57 Å². The van der Waals surface area contributed by atoms with Crippen LogP contribution in [0.1, 0.15) is 5.56 Å². The number of thiazole rings is 1. The first kappa shape index (κ1) is 17.4. The van der Waals surface area contributed by atoms with Crippen molar-refractivity contribution in [3.8, 4) is 11.3 Å². The highest BCUT2D eigenvalue weighted by molar-refractivity contribution is 8.93. The summed E-state index contributed by atoms with van der Waals surface area (Å²) < 4.78 is 2.28. The van der Waals surface area contributed by atoms with Gasteiger partial charge in [0.15, 0.2) is 4.80 Å². The molecule has 0 unspecified atom stereocenters. The summed E-state index contributed by atoms with van der Waals surface area (Å²) in [7, 11) is 0. The van der Waals surface area contributed by atoms with E-state index >= 15 is 0 Å². The number of nitrogens with zero attached hydrogens (tertiary/aromatic N) is 2. The SMILES string of the molecule is Br.C=CCN=c1scc(-c2ccccc2)n1Cc1ccccc1. The van der Waals surface area contributed by atoms with Crippen LogP contribution < -0.4 is 4.80 Å². The van der Waals surface area contributed by atoms with Gasteiger partial charge in [0.05, 0.1) is 18.8 Å². The van der Waals surface area contributed by atoms with Crippen LogP contribution in [0.5, 0.6) is 0 Å². The van der Waals surface area contributed by atoms with E-state index in [9.17, 15) is 0 Å². The number of halogens is 1. The lowest BCUT2D eigenvalue weighted by Crippen LogP contribution is -2.17. The van der Waals surface area contributed by atoms with Crippen molar-refractivity contribution in [2.75, 3.05) is 6.54 Å². The molecule has 0 aliphatic carbocycles. The highest BCUT2D eigenvalue weighted by Crippen LogP contribution is 2.20. The summed E-state index contributed by atoms with van der Waals surface area (Å²) in [5.74, 6) is 0. The Labute approximate surface area is 151 Å². The Morgan fingerprint density at radius 1 is 1.00 bits per heavy atom. The van der Waals surface area contributed by atoms with E-state index in [1.165, 1.54) is 16.8 Å². The molecular formula is C19H19BrN2S. The fraction of sp³-hybridized carbons (Fsp3) is 0.105. The zero-order valence-corrected chi connectivity index (χ0v) is 15.3. The second kappa shape index (κ2) is 8.65. The average molecular weight is 387 g/mol. The Kier molecular flexibility index (Phi) is 6.56. The zero-order chi connectivity index (χ0) is 15.2. The Bertz CT molecular complexity index is 804. The molecule has 0 atom stereocenters. The van der Waals surface area contributed by atoms with Gasteiger partial charge in [-0.15, -0.1) is 34.9 Å². The molecule has 0 aliphatic rings. The lowest BCUT2D eigenvalue weighted by atomic mass is 10.1. The Morgan fingerprint density at radius 2 is 1.65 bits per heavy atom. The smallest absolute Gasteiger partial charge is 0.185 e. The van der Waals surface area contributed by atoms with E-state index in [0.717, 1.165) is 11.3 Å². The predicted octanol–water partition coefficient (Wildman–Crippen LogP) is 4.93. The van der Waals surface area contributed by atoms with E-state index in [1.807, 2.05) is 18.2 Å². The molecule has 0 N–H and O–H groups in total. The van der Waals surface area contributed by atoms with Gasteiger partial charge in [-0.2, -0.15) is 0 Å². The Balaban J connectivity index is 0.00000192. The van der Waals surface area contributed by atoms with Crippen molar-refractivity contribution in [2.45, 2.75) is 6.54 Å². The van der Waals surface area contributed by atoms with E-state index in [2.05, 4.69) is 70.0 Å². The zero-order valence-electron chi connectivity index (χ0n) is 12.8. The van der Waals surface area contributed by atoms with Crippen molar-refractivity contribution in [1.82, 2.24) is 4.57 Å². The minimum atomic E-state index is 0. The molecule has 0 fully saturated rings. The molecule has 3 rings (SSSR count). The predicted molar refractivity (Wildman–Crippen MR) is 104 cm³/mol. The molecule has 0 saturated heterocycles. The fourth-order valence-electron chi connectivity index (χ4n) is 2.36. The summed E-state index contributed by atoms with van der Waals surface area (Å²) in [5, 5.41) is 2.18. The quantitative estimate of drug-likeness (QED) is 0.553. The van der Waals surface area contributed by atoms with Gasteiger partial charge in [-0.3, -0.25) is 4.99 Å². The molecule has 0 aliphatic heterocycles. The molecule has 0 amide bonds. The molecule has 2 aromatic carbocycles. The number of benzene rings is 2. The molecule has 2 nitrogen and oxygen atoms in total. The second-order valence-corrected chi connectivity index (χ2v) is 5.81. The first-order chi connectivity index (χ1) is 10.9. The molecule has 3 aromatic rings. The van der Waals surface area contributed by atoms with E-state index in [4.69, 9.17) is 0 Å². The van der Waals surface area contributed by atoms with Crippen LogP contribution >= 0.6 is 28.3 Å². The Morgan fingerprint density at radius 3 is 2.30 bits per heavy atom. The van der Waals surface area contributed by atoms with Gasteiger partial charge >= 0.3 is 0 Å². The molecular weight excluding hydrogens is 368 g/mol. The van der Waals surface area contributed by atoms with E-state index < -0.39 is 0 Å². The van der Waals surface area contributed by atoms with Gasteiger partial charge in [-0.1, -0.05) is 66.7 Å². The van der Waals surface area contributed by atoms with Gasteiger partial charge in [-0.25, -0.2) is 0 Å². The van der Waals surface area contributed by atoms with Crippen LogP contribution in [0.25, 0.3) is 11.3 Å². The summed E-state index contributed by atoms with van der Waals surface area (Å²) >= 11 is 1.68. The van der Waals surface area contributed by atoms with E-state index in [0.29, 0.717) is 6.54 Å². The number of hydrogen-bond donors (Lipinski definition) is 0. The highest BCUT2D eigenvalue weighted by Gasteiger charge is 2.08. The molecule has 0 spiro atoms. The van der Waals surface area contributed by atoms with Crippen LogP contribution in [-0.2, 0) is 6.54 Å². The number of rotatable bonds is 5. The molecule has 1 aromatic heterocycles. The van der Waals surface area contributed by atoms with Crippen LogP contribution in [0.4, 0.5) is 0 Å². The van der Waals surface area contributed by atoms with Gasteiger partial charge in [0.2, 0.25) is 0 Å². The molecule has 4 heteroatoms. The van der Waals surface area contributed by atoms with Crippen LogP contribution in [-0.4, -0.2) is 11.1 Å². The van der Waals surface area contributed by atoms with Crippen LogP contribution in [0.2, 0.25) is 0 Å². The van der Waals surface area contributed by atoms with Crippen LogP contribution in [0, 0.1) is 0 Å². The highest BCUT2D eigenvalue weighted by atomic mass is 79.9. The third-order valence-corrected chi connectivity index (χ3v) is 4.31. The summed E-state index contributed by atoms with van der Waals surface area (Å²) in [5.41, 5.74) is 3.70. The van der Waals surface area contributed by atoms with Crippen LogP contribution in [0.3, 0.4) is 0 Å². The average Bonchev–Trinajstić information content (AvgIpc) is 2.97. The fourth-order valence-corrected chi connectivity index (χ4v) is 3.28. The molecule has 1 heterocycles. The van der Waals surface area contributed by atoms with Crippen molar-refractivity contribution in [1.29, 1.82) is 0 Å². The third kappa shape index (κ3) is 4.30. The first-order valence-corrected chi connectivity index (χ1v) is 8.15. The van der Waals surface area contributed by atoms with Gasteiger partial charge in [0.1, 0.15) is 0 Å². The molecule has 0 saturated carbocycles. The molecule has 118 valence electrons. The van der Waals surface area contributed by atoms with E-state index in [-0.39, 0.29) is 17.0 Å². The standard InChI is InChI=1S/C19H18N2S.BrH/c1-2-13-20-19-21(14-16-9-5-3-6-10-16)18(15-22-19)17-11-7-4-8-12-17;/h2-12,15H,1,13-14H2;1H. The van der Waals surface area contributed by atoms with Gasteiger partial charge in [0, 0.05) is 5.38 Å². The third-order valence-electron chi connectivity index (χ3n) is 3.41. The maximum Gasteiger partial charge on any atom is 0.185 e. The maximum atomic E-state index is 4.63. The molecule has 23 heavy (non-hydrogen) atoms. The number of hydrogen-bond acceptors (Lipinski definition) is 2. The van der Waals surface area contributed by atoms with Crippen molar-refractivity contribution >= 4 is 28.3 Å². The van der Waals surface area contributed by atoms with Gasteiger partial charge in [-0.05, 0) is 11.1 Å². The lowest BCUT2D eigenvalue weighted by Gasteiger charge is -2.09. The summed E-state index contributed by atoms with van der Waals surface area (Å²) in [6, 6.07) is 21.0. The Hall–Kier alpha value is -1.91. The van der Waals surface area contributed by atoms with Gasteiger partial charge in [0.25, 0.3) is 0 Å². The number of aromatic nitrogens is 1. The van der Waals surface area contributed by atoms with Crippen molar-refractivity contribution in [3.05, 3.63) is 89.1 Å². The summed E-state index contributed by atoms with van der Waals surface area (Å²) in [4.78, 5) is 5.66. The minimum absolute atomic E-state index is 0. The topological polar surface area (TPSA) is 17.3 Å². The first-order valence-electron chi connectivity index (χ1n) is 7.27. The summed E-state index contributed by atoms with van der Waals surface area (Å²) in [6.07, 6.45) is 1.83. The maximum absolute atomic E-state index is 4.63. The molecule has 0 radical (unpaired) electrons. The largest absolute Gasteiger partial charge is 0.312 e. The minimum Gasteiger partial charge on any atom is -0.312 e. The van der Waals surface area contributed by atoms with Crippen LogP contribution in [0.15, 0.2) is 83.7 Å².